The van der Waals surface area contributed by atoms with E-state index in [1.54, 1.807) is 12.1 Å². The molecular weight excluding hydrogens is 366 g/mol. The first kappa shape index (κ1) is 20.1. The highest BCUT2D eigenvalue weighted by molar-refractivity contribution is 7.89. The van der Waals surface area contributed by atoms with Crippen molar-refractivity contribution in [2.45, 2.75) is 24.3 Å². The predicted molar refractivity (Wildman–Crippen MR) is 96.1 cm³/mol. The highest BCUT2D eigenvalue weighted by Crippen LogP contribution is 2.15. The smallest absolute Gasteiger partial charge is 0.240 e. The Morgan fingerprint density at radius 1 is 1.36 bits per heavy atom. The van der Waals surface area contributed by atoms with E-state index in [2.05, 4.69) is 14.9 Å². The number of nitrogens with one attached hydrogen (secondary N) is 2. The van der Waals surface area contributed by atoms with Crippen LogP contribution in [0.2, 0.25) is 5.02 Å². The van der Waals surface area contributed by atoms with Crippen LogP contribution >= 0.6 is 11.6 Å². The molecule has 1 aliphatic heterocycles. The van der Waals surface area contributed by atoms with Crippen molar-refractivity contribution in [2.75, 3.05) is 39.4 Å². The molecule has 0 radical (unpaired) electrons. The van der Waals surface area contributed by atoms with E-state index in [0.717, 1.165) is 13.1 Å². The minimum Gasteiger partial charge on any atom is -0.379 e. The van der Waals surface area contributed by atoms with Crippen molar-refractivity contribution in [1.82, 2.24) is 14.9 Å². The molecule has 0 aromatic heterocycles. The van der Waals surface area contributed by atoms with Gasteiger partial charge in [-0.25, -0.2) is 13.1 Å². The van der Waals surface area contributed by atoms with Crippen LogP contribution in [-0.2, 0) is 19.6 Å². The molecule has 1 amide bonds. The molecule has 25 heavy (non-hydrogen) atoms. The summed E-state index contributed by atoms with van der Waals surface area (Å²) < 4.78 is 31.9. The fourth-order valence-corrected chi connectivity index (χ4v) is 3.85. The maximum Gasteiger partial charge on any atom is 0.240 e. The number of benzene rings is 1. The molecule has 1 unspecified atom stereocenters. The van der Waals surface area contributed by atoms with Gasteiger partial charge in [0.05, 0.1) is 18.1 Å². The highest BCUT2D eigenvalue weighted by Gasteiger charge is 2.18. The topological polar surface area (TPSA) is 87.7 Å². The summed E-state index contributed by atoms with van der Waals surface area (Å²) in [5.74, 6) is -0.186. The Balaban J connectivity index is 1.71. The zero-order valence-corrected chi connectivity index (χ0v) is 15.8. The second kappa shape index (κ2) is 9.49. The Labute approximate surface area is 153 Å². The summed E-state index contributed by atoms with van der Waals surface area (Å²) in [6.45, 7) is 5.75. The average Bonchev–Trinajstić information content (AvgIpc) is 2.60. The molecule has 1 aliphatic rings. The normalized spacial score (nSPS) is 17.2. The van der Waals surface area contributed by atoms with Gasteiger partial charge in [0.2, 0.25) is 15.9 Å². The van der Waals surface area contributed by atoms with Gasteiger partial charge in [0.1, 0.15) is 0 Å². The van der Waals surface area contributed by atoms with Gasteiger partial charge in [0.25, 0.3) is 0 Å². The molecular formula is C16H24ClN3O4S. The fraction of sp³-hybridized carbons (Fsp3) is 0.562. The molecule has 2 N–H and O–H groups in total. The van der Waals surface area contributed by atoms with Gasteiger partial charge in [-0.1, -0.05) is 17.7 Å². The number of morpholine rings is 1. The van der Waals surface area contributed by atoms with Crippen molar-refractivity contribution in [3.8, 4) is 0 Å². The standard InChI is InChI=1S/C16H24ClN3O4S/c1-13(20-7-9-24-10-8-20)12-18-16(21)5-6-19-25(22,23)15-4-2-3-14(17)11-15/h2-4,11,13,19H,5-10,12H2,1H3,(H,18,21). The Kier molecular flexibility index (Phi) is 7.64. The first-order valence-corrected chi connectivity index (χ1v) is 10.1. The van der Waals surface area contributed by atoms with Gasteiger partial charge in [-0.3, -0.25) is 9.69 Å². The van der Waals surface area contributed by atoms with E-state index in [0.29, 0.717) is 24.8 Å². The first-order valence-electron chi connectivity index (χ1n) is 8.22. The summed E-state index contributed by atoms with van der Waals surface area (Å²) >= 11 is 5.80. The molecule has 9 heteroatoms. The van der Waals surface area contributed by atoms with Crippen LogP contribution in [0.15, 0.2) is 29.2 Å². The molecule has 0 spiro atoms. The van der Waals surface area contributed by atoms with Gasteiger partial charge in [0.15, 0.2) is 0 Å². The minimum absolute atomic E-state index is 0.0343. The molecule has 0 bridgehead atoms. The molecule has 0 aliphatic carbocycles. The zero-order chi connectivity index (χ0) is 18.3. The summed E-state index contributed by atoms with van der Waals surface area (Å²) in [7, 11) is -3.66. The Bertz CT molecular complexity index is 678. The Morgan fingerprint density at radius 3 is 2.76 bits per heavy atom. The molecule has 1 aromatic carbocycles. The van der Waals surface area contributed by atoms with Crippen LogP contribution in [-0.4, -0.2) is 64.7 Å². The molecule has 140 valence electrons. The number of carbonyl (C=O) groups excluding carboxylic acids is 1. The van der Waals surface area contributed by atoms with E-state index >= 15 is 0 Å². The fourth-order valence-electron chi connectivity index (χ4n) is 2.51. The average molecular weight is 390 g/mol. The molecule has 1 atom stereocenters. The third kappa shape index (κ3) is 6.56. The lowest BCUT2D eigenvalue weighted by Crippen LogP contribution is -2.47. The van der Waals surface area contributed by atoms with Gasteiger partial charge in [-0.2, -0.15) is 0 Å². The summed E-state index contributed by atoms with van der Waals surface area (Å²) in [5.41, 5.74) is 0. The van der Waals surface area contributed by atoms with Crippen LogP contribution in [0.1, 0.15) is 13.3 Å². The van der Waals surface area contributed by atoms with E-state index in [4.69, 9.17) is 16.3 Å². The molecule has 7 nitrogen and oxygen atoms in total. The maximum atomic E-state index is 12.1. The Hall–Kier alpha value is -1.19. The van der Waals surface area contributed by atoms with Crippen molar-refractivity contribution in [1.29, 1.82) is 0 Å². The van der Waals surface area contributed by atoms with Gasteiger partial charge in [-0.05, 0) is 25.1 Å². The number of sulfonamides is 1. The number of carbonyl (C=O) groups is 1. The third-order valence-electron chi connectivity index (χ3n) is 4.01. The number of halogens is 1. The van der Waals surface area contributed by atoms with Gasteiger partial charge < -0.3 is 10.1 Å². The largest absolute Gasteiger partial charge is 0.379 e. The van der Waals surface area contributed by atoms with Crippen LogP contribution in [0.25, 0.3) is 0 Å². The van der Waals surface area contributed by atoms with Crippen LogP contribution < -0.4 is 10.0 Å². The lowest BCUT2D eigenvalue weighted by atomic mass is 10.2. The van der Waals surface area contributed by atoms with Crippen LogP contribution in [0.3, 0.4) is 0 Å². The van der Waals surface area contributed by atoms with Gasteiger partial charge in [0, 0.05) is 43.7 Å². The van der Waals surface area contributed by atoms with E-state index in [1.807, 2.05) is 6.92 Å². The number of hydrogen-bond donors (Lipinski definition) is 2. The first-order chi connectivity index (χ1) is 11.9. The molecule has 2 rings (SSSR count). The number of rotatable bonds is 8. The van der Waals surface area contributed by atoms with E-state index in [1.165, 1.54) is 12.1 Å². The van der Waals surface area contributed by atoms with Crippen molar-refractivity contribution in [2.24, 2.45) is 0 Å². The SMILES string of the molecule is CC(CNC(=O)CCNS(=O)(=O)c1cccc(Cl)c1)N1CCOCC1. The summed E-state index contributed by atoms with van der Waals surface area (Å²) in [6, 6.07) is 6.21. The lowest BCUT2D eigenvalue weighted by Gasteiger charge is -2.32. The predicted octanol–water partition coefficient (Wildman–Crippen LogP) is 0.845. The monoisotopic (exact) mass is 389 g/mol. The zero-order valence-electron chi connectivity index (χ0n) is 14.2. The molecule has 1 fully saturated rings. The molecule has 1 aromatic rings. The van der Waals surface area contributed by atoms with Crippen molar-refractivity contribution in [3.05, 3.63) is 29.3 Å². The molecule has 1 saturated heterocycles. The second-order valence-corrected chi connectivity index (χ2v) is 8.11. The maximum absolute atomic E-state index is 12.1. The third-order valence-corrected chi connectivity index (χ3v) is 5.71. The number of hydrogen-bond acceptors (Lipinski definition) is 5. The van der Waals surface area contributed by atoms with E-state index < -0.39 is 10.0 Å². The van der Waals surface area contributed by atoms with Crippen LogP contribution in [0.4, 0.5) is 0 Å². The minimum atomic E-state index is -3.66. The van der Waals surface area contributed by atoms with Gasteiger partial charge >= 0.3 is 0 Å². The molecule has 0 saturated carbocycles. The quantitative estimate of drug-likeness (QED) is 0.688. The second-order valence-electron chi connectivity index (χ2n) is 5.91. The van der Waals surface area contributed by atoms with Crippen molar-refractivity contribution < 1.29 is 17.9 Å². The molecule has 1 heterocycles. The number of amides is 1. The summed E-state index contributed by atoms with van der Waals surface area (Å²) in [5, 5.41) is 3.18. The van der Waals surface area contributed by atoms with E-state index in [9.17, 15) is 13.2 Å². The Morgan fingerprint density at radius 2 is 2.08 bits per heavy atom. The number of ether oxygens (including phenoxy) is 1. The van der Waals surface area contributed by atoms with Gasteiger partial charge in [-0.15, -0.1) is 0 Å². The van der Waals surface area contributed by atoms with Crippen LogP contribution in [0, 0.1) is 0 Å². The van der Waals surface area contributed by atoms with Crippen molar-refractivity contribution in [3.63, 3.8) is 0 Å². The van der Waals surface area contributed by atoms with Crippen molar-refractivity contribution >= 4 is 27.5 Å². The number of nitrogens with zero attached hydrogens (tertiary/aromatic N) is 1. The van der Waals surface area contributed by atoms with Crippen LogP contribution in [0.5, 0.6) is 0 Å². The summed E-state index contributed by atoms with van der Waals surface area (Å²) in [6.07, 6.45) is 0.0790. The summed E-state index contributed by atoms with van der Waals surface area (Å²) in [4.78, 5) is 14.2. The highest BCUT2D eigenvalue weighted by atomic mass is 35.5. The van der Waals surface area contributed by atoms with E-state index in [-0.39, 0.29) is 29.8 Å². The lowest BCUT2D eigenvalue weighted by molar-refractivity contribution is -0.121.